The lowest BCUT2D eigenvalue weighted by Crippen LogP contribution is -2.17. The van der Waals surface area contributed by atoms with E-state index in [1.165, 1.54) is 0 Å². The third kappa shape index (κ3) is 1.55. The number of halogens is 1. The topological polar surface area (TPSA) is 97.0 Å². The number of nitrogen functional groups attached to an aromatic ring is 1. The van der Waals surface area contributed by atoms with Gasteiger partial charge in [-0.2, -0.15) is 15.0 Å². The highest BCUT2D eigenvalue weighted by Gasteiger charge is 2.45. The number of anilines is 1. The fourth-order valence-corrected chi connectivity index (χ4v) is 1.12. The molecule has 7 heteroatoms. The van der Waals surface area contributed by atoms with Gasteiger partial charge in [0.1, 0.15) is 5.60 Å². The van der Waals surface area contributed by atoms with Gasteiger partial charge >= 0.3 is 0 Å². The second-order valence-corrected chi connectivity index (χ2v) is 3.27. The lowest BCUT2D eigenvalue weighted by Gasteiger charge is -2.06. The van der Waals surface area contributed by atoms with Gasteiger partial charge in [0.15, 0.2) is 5.82 Å². The molecule has 0 unspecified atom stereocenters. The van der Waals surface area contributed by atoms with Crippen LogP contribution in [0.3, 0.4) is 0 Å². The van der Waals surface area contributed by atoms with Crippen molar-refractivity contribution in [2.45, 2.75) is 18.4 Å². The van der Waals surface area contributed by atoms with Crippen molar-refractivity contribution in [3.05, 3.63) is 11.1 Å². The van der Waals surface area contributed by atoms with Crippen LogP contribution in [0.4, 0.5) is 5.95 Å². The van der Waals surface area contributed by atoms with Crippen LogP contribution in [0, 0.1) is 0 Å². The lowest BCUT2D eigenvalue weighted by molar-refractivity contribution is 0.141. The molecule has 4 N–H and O–H groups in total. The Bertz CT molecular complexity index is 340. The summed E-state index contributed by atoms with van der Waals surface area (Å²) in [4.78, 5) is 11.4. The molecule has 1 aliphatic rings. The van der Waals surface area contributed by atoms with Crippen molar-refractivity contribution in [1.82, 2.24) is 15.0 Å². The second kappa shape index (κ2) is 2.76. The summed E-state index contributed by atoms with van der Waals surface area (Å²) < 4.78 is 0. The van der Waals surface area contributed by atoms with E-state index in [1.54, 1.807) is 0 Å². The quantitative estimate of drug-likeness (QED) is 0.453. The zero-order valence-electron chi connectivity index (χ0n) is 6.66. The zero-order valence-corrected chi connectivity index (χ0v) is 7.41. The molecule has 0 amide bonds. The molecule has 0 spiro atoms. The van der Waals surface area contributed by atoms with Gasteiger partial charge in [-0.3, -0.25) is 5.43 Å². The Balaban J connectivity index is 2.40. The summed E-state index contributed by atoms with van der Waals surface area (Å²) in [5.74, 6) is 5.55. The Hall–Kier alpha value is -0.980. The standard InChI is InChI=1S/C6H8ClN5O/c7-4-9-3(6(13)1-2-6)10-5(11-4)12-8/h13H,1-2,8H2,(H,9,10,11,12). The Morgan fingerprint density at radius 3 is 2.62 bits per heavy atom. The van der Waals surface area contributed by atoms with Crippen molar-refractivity contribution in [2.24, 2.45) is 5.84 Å². The first-order chi connectivity index (χ1) is 6.14. The van der Waals surface area contributed by atoms with Gasteiger partial charge < -0.3 is 5.11 Å². The van der Waals surface area contributed by atoms with E-state index in [4.69, 9.17) is 17.4 Å². The van der Waals surface area contributed by atoms with Crippen LogP contribution in [0.15, 0.2) is 0 Å². The van der Waals surface area contributed by atoms with E-state index < -0.39 is 5.60 Å². The molecule has 1 saturated carbocycles. The summed E-state index contributed by atoms with van der Waals surface area (Å²) in [6, 6.07) is 0. The molecule has 0 atom stereocenters. The normalized spacial score (nSPS) is 18.4. The third-order valence-electron chi connectivity index (χ3n) is 1.88. The predicted molar refractivity (Wildman–Crippen MR) is 45.8 cm³/mol. The smallest absolute Gasteiger partial charge is 0.241 e. The Morgan fingerprint density at radius 2 is 2.08 bits per heavy atom. The number of nitrogens with two attached hydrogens (primary N) is 1. The molecule has 1 aromatic rings. The van der Waals surface area contributed by atoms with Crippen LogP contribution in [-0.4, -0.2) is 20.1 Å². The lowest BCUT2D eigenvalue weighted by atomic mass is 10.3. The molecule has 0 aromatic carbocycles. The first-order valence-electron chi connectivity index (χ1n) is 3.75. The molecule has 2 rings (SSSR count). The maximum Gasteiger partial charge on any atom is 0.241 e. The number of aliphatic hydroxyl groups is 1. The molecular weight excluding hydrogens is 194 g/mol. The van der Waals surface area contributed by atoms with E-state index in [-0.39, 0.29) is 17.1 Å². The summed E-state index contributed by atoms with van der Waals surface area (Å²) in [5, 5.41) is 9.69. The van der Waals surface area contributed by atoms with Crippen LogP contribution in [-0.2, 0) is 5.60 Å². The van der Waals surface area contributed by atoms with E-state index in [0.717, 1.165) is 0 Å². The summed E-state index contributed by atoms with van der Waals surface area (Å²) in [6.07, 6.45) is 1.30. The molecule has 6 nitrogen and oxygen atoms in total. The van der Waals surface area contributed by atoms with Crippen molar-refractivity contribution in [1.29, 1.82) is 0 Å². The minimum absolute atomic E-state index is 0.0262. The number of nitrogens with one attached hydrogen (secondary N) is 1. The highest BCUT2D eigenvalue weighted by Crippen LogP contribution is 2.43. The first kappa shape index (κ1) is 8.61. The highest BCUT2D eigenvalue weighted by molar-refractivity contribution is 6.28. The molecule has 1 aliphatic carbocycles. The summed E-state index contributed by atoms with van der Waals surface area (Å²) in [5.41, 5.74) is 1.33. The molecule has 0 bridgehead atoms. The maximum atomic E-state index is 9.66. The number of rotatable bonds is 2. The van der Waals surface area contributed by atoms with Crippen molar-refractivity contribution in [3.63, 3.8) is 0 Å². The predicted octanol–water partition coefficient (Wildman–Crippen LogP) is -0.208. The molecular formula is C6H8ClN5O. The van der Waals surface area contributed by atoms with E-state index in [2.05, 4.69) is 20.4 Å². The van der Waals surface area contributed by atoms with Gasteiger partial charge in [-0.15, -0.1) is 0 Å². The van der Waals surface area contributed by atoms with E-state index in [0.29, 0.717) is 12.8 Å². The van der Waals surface area contributed by atoms with Gasteiger partial charge in [0.25, 0.3) is 0 Å². The number of aromatic nitrogens is 3. The summed E-state index contributed by atoms with van der Waals surface area (Å²) >= 11 is 5.59. The molecule has 0 radical (unpaired) electrons. The number of hydrogen-bond acceptors (Lipinski definition) is 6. The van der Waals surface area contributed by atoms with Crippen molar-refractivity contribution < 1.29 is 5.11 Å². The van der Waals surface area contributed by atoms with Crippen molar-refractivity contribution >= 4 is 17.5 Å². The van der Waals surface area contributed by atoms with Gasteiger partial charge in [0.05, 0.1) is 0 Å². The van der Waals surface area contributed by atoms with Crippen LogP contribution in [0.2, 0.25) is 5.28 Å². The van der Waals surface area contributed by atoms with Crippen LogP contribution in [0.1, 0.15) is 18.7 Å². The third-order valence-corrected chi connectivity index (χ3v) is 2.05. The Morgan fingerprint density at radius 1 is 1.38 bits per heavy atom. The van der Waals surface area contributed by atoms with Crippen LogP contribution < -0.4 is 11.3 Å². The second-order valence-electron chi connectivity index (χ2n) is 2.93. The van der Waals surface area contributed by atoms with Crippen LogP contribution in [0.25, 0.3) is 0 Å². The molecule has 0 saturated heterocycles. The molecule has 0 aliphatic heterocycles. The zero-order chi connectivity index (χ0) is 9.47. The van der Waals surface area contributed by atoms with Gasteiger partial charge in [-0.25, -0.2) is 5.84 Å². The van der Waals surface area contributed by atoms with Gasteiger partial charge in [0, 0.05) is 0 Å². The monoisotopic (exact) mass is 201 g/mol. The average Bonchev–Trinajstić information content (AvgIpc) is 2.84. The van der Waals surface area contributed by atoms with Gasteiger partial charge in [-0.1, -0.05) is 0 Å². The van der Waals surface area contributed by atoms with Crippen molar-refractivity contribution in [3.8, 4) is 0 Å². The number of nitrogens with zero attached hydrogens (tertiary/aromatic N) is 3. The van der Waals surface area contributed by atoms with Gasteiger partial charge in [-0.05, 0) is 24.4 Å². The molecule has 1 heterocycles. The molecule has 1 fully saturated rings. The van der Waals surface area contributed by atoms with Crippen LogP contribution >= 0.6 is 11.6 Å². The molecule has 1 aromatic heterocycles. The van der Waals surface area contributed by atoms with E-state index in [1.807, 2.05) is 0 Å². The molecule has 13 heavy (non-hydrogen) atoms. The average molecular weight is 202 g/mol. The fourth-order valence-electron chi connectivity index (χ4n) is 0.965. The molecule has 70 valence electrons. The first-order valence-corrected chi connectivity index (χ1v) is 4.13. The number of hydrazine groups is 1. The van der Waals surface area contributed by atoms with E-state index >= 15 is 0 Å². The highest BCUT2D eigenvalue weighted by atomic mass is 35.5. The summed E-state index contributed by atoms with van der Waals surface area (Å²) in [6.45, 7) is 0. The van der Waals surface area contributed by atoms with Crippen LogP contribution in [0.5, 0.6) is 0 Å². The van der Waals surface area contributed by atoms with Gasteiger partial charge in [0.2, 0.25) is 11.2 Å². The van der Waals surface area contributed by atoms with E-state index in [9.17, 15) is 5.11 Å². The summed E-state index contributed by atoms with van der Waals surface area (Å²) in [7, 11) is 0. The minimum atomic E-state index is -0.918. The fraction of sp³-hybridized carbons (Fsp3) is 0.500. The minimum Gasteiger partial charge on any atom is -0.382 e. The maximum absolute atomic E-state index is 9.66. The number of hydrogen-bond donors (Lipinski definition) is 3. The SMILES string of the molecule is NNc1nc(Cl)nc(C2(O)CC2)n1. The Labute approximate surface area is 79.1 Å². The van der Waals surface area contributed by atoms with Crippen molar-refractivity contribution in [2.75, 3.05) is 5.43 Å². The Kier molecular flexibility index (Phi) is 1.83. The largest absolute Gasteiger partial charge is 0.382 e.